The van der Waals surface area contributed by atoms with Crippen molar-refractivity contribution in [1.29, 1.82) is 0 Å². The lowest BCUT2D eigenvalue weighted by Gasteiger charge is -2.04. The molecule has 0 aliphatic rings. The molecule has 2 rings (SSSR count). The summed E-state index contributed by atoms with van der Waals surface area (Å²) in [6.45, 7) is 4.43. The third-order valence-electron chi connectivity index (χ3n) is 2.96. The minimum atomic E-state index is -0.693. The first-order chi connectivity index (χ1) is 9.43. The van der Waals surface area contributed by atoms with Crippen molar-refractivity contribution in [2.75, 3.05) is 5.32 Å². The van der Waals surface area contributed by atoms with Gasteiger partial charge in [-0.3, -0.25) is 19.0 Å². The van der Waals surface area contributed by atoms with Gasteiger partial charge in [-0.25, -0.2) is 0 Å². The van der Waals surface area contributed by atoms with Crippen molar-refractivity contribution in [1.82, 2.24) is 19.6 Å². The molecule has 8 nitrogen and oxygen atoms in total. The van der Waals surface area contributed by atoms with E-state index < -0.39 is 5.91 Å². The maximum Gasteiger partial charge on any atom is 0.271 e. The highest BCUT2D eigenvalue weighted by atomic mass is 16.2. The summed E-state index contributed by atoms with van der Waals surface area (Å²) in [6, 6.07) is 0. The second-order valence-corrected chi connectivity index (χ2v) is 4.34. The Hall–Kier alpha value is -2.64. The summed E-state index contributed by atoms with van der Waals surface area (Å²) in [7, 11) is 1.64. The third-order valence-corrected chi connectivity index (χ3v) is 2.96. The van der Waals surface area contributed by atoms with Gasteiger partial charge >= 0.3 is 0 Å². The lowest BCUT2D eigenvalue weighted by molar-refractivity contribution is 0.0995. The maximum atomic E-state index is 12.2. The minimum absolute atomic E-state index is 0.0291. The number of nitrogens with zero attached hydrogens (tertiary/aromatic N) is 4. The van der Waals surface area contributed by atoms with Gasteiger partial charge in [-0.05, 0) is 13.8 Å². The van der Waals surface area contributed by atoms with Crippen LogP contribution in [0.1, 0.15) is 33.5 Å². The van der Waals surface area contributed by atoms with Gasteiger partial charge in [-0.15, -0.1) is 0 Å². The van der Waals surface area contributed by atoms with Crippen molar-refractivity contribution in [3.8, 4) is 0 Å². The van der Waals surface area contributed by atoms with Crippen LogP contribution in [0.4, 0.5) is 5.69 Å². The van der Waals surface area contributed by atoms with Crippen molar-refractivity contribution < 1.29 is 9.59 Å². The van der Waals surface area contributed by atoms with E-state index in [0.29, 0.717) is 12.1 Å². The summed E-state index contributed by atoms with van der Waals surface area (Å²) in [6.07, 6.45) is 3.02. The van der Waals surface area contributed by atoms with Crippen LogP contribution in [-0.4, -0.2) is 31.4 Å². The highest BCUT2D eigenvalue weighted by Crippen LogP contribution is 2.15. The zero-order valence-corrected chi connectivity index (χ0v) is 11.5. The van der Waals surface area contributed by atoms with E-state index in [9.17, 15) is 9.59 Å². The monoisotopic (exact) mass is 276 g/mol. The smallest absolute Gasteiger partial charge is 0.271 e. The van der Waals surface area contributed by atoms with E-state index in [1.165, 1.54) is 17.1 Å². The highest BCUT2D eigenvalue weighted by Gasteiger charge is 2.19. The predicted octanol–water partition coefficient (Wildman–Crippen LogP) is 0.296. The van der Waals surface area contributed by atoms with Crippen molar-refractivity contribution in [3.05, 3.63) is 29.3 Å². The molecule has 0 fully saturated rings. The van der Waals surface area contributed by atoms with E-state index in [1.54, 1.807) is 11.7 Å². The van der Waals surface area contributed by atoms with Crippen molar-refractivity contribution in [3.63, 3.8) is 0 Å². The molecule has 106 valence electrons. The average molecular weight is 276 g/mol. The first-order valence-electron chi connectivity index (χ1n) is 6.11. The van der Waals surface area contributed by atoms with Crippen molar-refractivity contribution in [2.24, 2.45) is 12.8 Å². The van der Waals surface area contributed by atoms with E-state index in [4.69, 9.17) is 5.73 Å². The molecule has 20 heavy (non-hydrogen) atoms. The van der Waals surface area contributed by atoms with E-state index >= 15 is 0 Å². The van der Waals surface area contributed by atoms with E-state index in [0.717, 1.165) is 5.69 Å². The molecule has 0 aromatic carbocycles. The number of aromatic nitrogens is 4. The predicted molar refractivity (Wildman–Crippen MR) is 72.3 cm³/mol. The van der Waals surface area contributed by atoms with Crippen LogP contribution in [0.2, 0.25) is 0 Å². The molecule has 0 atom stereocenters. The summed E-state index contributed by atoms with van der Waals surface area (Å²) < 4.78 is 3.13. The lowest BCUT2D eigenvalue weighted by Crippen LogP contribution is -2.18. The van der Waals surface area contributed by atoms with Crippen LogP contribution in [-0.2, 0) is 13.6 Å². The van der Waals surface area contributed by atoms with Gasteiger partial charge in [-0.2, -0.15) is 10.2 Å². The summed E-state index contributed by atoms with van der Waals surface area (Å²) >= 11 is 0. The van der Waals surface area contributed by atoms with E-state index in [2.05, 4.69) is 15.5 Å². The van der Waals surface area contributed by atoms with Gasteiger partial charge in [0.25, 0.3) is 11.8 Å². The number of hydrogen-bond donors (Lipinski definition) is 2. The average Bonchev–Trinajstić information content (AvgIpc) is 2.92. The molecule has 2 aromatic heterocycles. The van der Waals surface area contributed by atoms with Gasteiger partial charge < -0.3 is 11.1 Å². The zero-order chi connectivity index (χ0) is 14.9. The highest BCUT2D eigenvalue weighted by molar-refractivity contribution is 6.08. The van der Waals surface area contributed by atoms with Crippen LogP contribution in [0.25, 0.3) is 0 Å². The molecular formula is C12H16N6O2. The van der Waals surface area contributed by atoms with Crippen LogP contribution >= 0.6 is 0 Å². The zero-order valence-electron chi connectivity index (χ0n) is 11.5. The molecule has 8 heteroatoms. The molecule has 0 bridgehead atoms. The Bertz CT molecular complexity index is 670. The molecule has 0 saturated carbocycles. The molecular weight excluding hydrogens is 260 g/mol. The van der Waals surface area contributed by atoms with Gasteiger partial charge in [0.05, 0.1) is 17.4 Å². The Labute approximate surface area is 115 Å². The second kappa shape index (κ2) is 5.16. The van der Waals surface area contributed by atoms with Crippen LogP contribution in [0, 0.1) is 6.92 Å². The number of nitrogens with one attached hydrogen (secondary N) is 1. The number of anilines is 1. The fourth-order valence-corrected chi connectivity index (χ4v) is 1.94. The normalized spacial score (nSPS) is 10.6. The second-order valence-electron chi connectivity index (χ2n) is 4.34. The standard InChI is InChI=1S/C12H16N6O2/c1-4-18-7(2)8(5-14-18)12(20)15-9-6-17(3)16-10(9)11(13)19/h5-6H,4H2,1-3H3,(H2,13,19)(H,15,20). The summed E-state index contributed by atoms with van der Waals surface area (Å²) in [5.41, 5.74) is 6.74. The number of aryl methyl sites for hydroxylation is 2. The summed E-state index contributed by atoms with van der Waals surface area (Å²) in [5.74, 6) is -1.04. The van der Waals surface area contributed by atoms with Crippen LogP contribution < -0.4 is 11.1 Å². The molecule has 3 N–H and O–H groups in total. The Morgan fingerprint density at radius 2 is 2.15 bits per heavy atom. The van der Waals surface area contributed by atoms with Crippen LogP contribution in [0.3, 0.4) is 0 Å². The van der Waals surface area contributed by atoms with E-state index in [-0.39, 0.29) is 17.3 Å². The number of primary amides is 1. The number of carbonyl (C=O) groups excluding carboxylic acids is 2. The van der Waals surface area contributed by atoms with Crippen LogP contribution in [0.15, 0.2) is 12.4 Å². The Balaban J connectivity index is 2.28. The molecule has 0 aliphatic heterocycles. The molecule has 2 amide bonds. The van der Waals surface area contributed by atoms with Crippen LogP contribution in [0.5, 0.6) is 0 Å². The molecule has 0 aliphatic carbocycles. The SMILES string of the molecule is CCn1ncc(C(=O)Nc2cn(C)nc2C(N)=O)c1C. The maximum absolute atomic E-state index is 12.2. The fourth-order valence-electron chi connectivity index (χ4n) is 1.94. The first kappa shape index (κ1) is 13.8. The van der Waals surface area contributed by atoms with Gasteiger partial charge in [0.15, 0.2) is 5.69 Å². The Morgan fingerprint density at radius 1 is 1.45 bits per heavy atom. The van der Waals surface area contributed by atoms with Crippen molar-refractivity contribution >= 4 is 17.5 Å². The number of carbonyl (C=O) groups is 2. The molecule has 0 spiro atoms. The third kappa shape index (κ3) is 2.40. The largest absolute Gasteiger partial charge is 0.364 e. The summed E-state index contributed by atoms with van der Waals surface area (Å²) in [4.78, 5) is 23.4. The van der Waals surface area contributed by atoms with Gasteiger partial charge in [0.1, 0.15) is 0 Å². The number of rotatable bonds is 4. The van der Waals surface area contributed by atoms with E-state index in [1.807, 2.05) is 13.8 Å². The van der Waals surface area contributed by atoms with Gasteiger partial charge in [0, 0.05) is 25.5 Å². The first-order valence-corrected chi connectivity index (χ1v) is 6.11. The fraction of sp³-hybridized carbons (Fsp3) is 0.333. The quantitative estimate of drug-likeness (QED) is 0.837. The van der Waals surface area contributed by atoms with Crippen molar-refractivity contribution in [2.45, 2.75) is 20.4 Å². The van der Waals surface area contributed by atoms with Gasteiger partial charge in [0.2, 0.25) is 0 Å². The Morgan fingerprint density at radius 3 is 2.70 bits per heavy atom. The number of nitrogens with two attached hydrogens (primary N) is 1. The number of hydrogen-bond acceptors (Lipinski definition) is 4. The molecule has 0 saturated heterocycles. The molecule has 2 heterocycles. The molecule has 2 aromatic rings. The topological polar surface area (TPSA) is 108 Å². The minimum Gasteiger partial charge on any atom is -0.364 e. The number of amides is 2. The molecule has 0 unspecified atom stereocenters. The summed E-state index contributed by atoms with van der Waals surface area (Å²) in [5, 5.41) is 10.6. The van der Waals surface area contributed by atoms with Gasteiger partial charge in [-0.1, -0.05) is 0 Å². The Kier molecular flexibility index (Phi) is 3.55. The lowest BCUT2D eigenvalue weighted by atomic mass is 10.2. The molecule has 0 radical (unpaired) electrons.